The van der Waals surface area contributed by atoms with E-state index in [1.54, 1.807) is 0 Å². The molecule has 1 aliphatic heterocycles. The maximum Gasteiger partial charge on any atom is 0.179 e. The fraction of sp³-hybridized carbons (Fsp3) is 0.364. The maximum atomic E-state index is 11.9. The zero-order valence-corrected chi connectivity index (χ0v) is 17.9. The largest absolute Gasteiger partial charge is 0.418 e. The highest BCUT2D eigenvalue weighted by Crippen LogP contribution is 2.48. The molecule has 0 radical (unpaired) electrons. The smallest absolute Gasteiger partial charge is 0.179 e. The van der Waals surface area contributed by atoms with Gasteiger partial charge >= 0.3 is 0 Å². The third-order valence-electron chi connectivity index (χ3n) is 5.82. The Kier molecular flexibility index (Phi) is 5.36. The zero-order chi connectivity index (χ0) is 19.7. The van der Waals surface area contributed by atoms with Crippen LogP contribution in [0.4, 0.5) is 5.69 Å². The molecule has 1 aliphatic rings. The molecule has 148 valence electrons. The minimum atomic E-state index is -1.16. The molecule has 28 heavy (non-hydrogen) atoms. The molecule has 6 heteroatoms. The first-order valence-corrected chi connectivity index (χ1v) is 10.5. The Bertz CT molecular complexity index is 936. The maximum absolute atomic E-state index is 11.9. The number of nitrogens with one attached hydrogen (secondary N) is 1. The van der Waals surface area contributed by atoms with Crippen molar-refractivity contribution in [3.8, 4) is 5.75 Å². The first kappa shape index (κ1) is 19.3. The second kappa shape index (κ2) is 7.78. The second-order valence-electron chi connectivity index (χ2n) is 7.31. The van der Waals surface area contributed by atoms with Crippen LogP contribution in [0, 0.1) is 0 Å². The number of hydrogen-bond acceptors (Lipinski definition) is 4. The number of benzene rings is 2. The van der Waals surface area contributed by atoms with Gasteiger partial charge in [0.2, 0.25) is 0 Å². The molecule has 5 nitrogen and oxygen atoms in total. The van der Waals surface area contributed by atoms with Gasteiger partial charge in [-0.3, -0.25) is 0 Å². The summed E-state index contributed by atoms with van der Waals surface area (Å²) in [4.78, 5) is 8.07. The number of β-amino-alcohol motifs (C(OH)–C–C–N with tert-alkyl or cyclic N) is 1. The summed E-state index contributed by atoms with van der Waals surface area (Å²) >= 11 is 3.13. The van der Waals surface area contributed by atoms with Crippen LogP contribution in [0.5, 0.6) is 5.75 Å². The number of fused-ring (bicyclic) bond motifs is 2. The molecule has 1 atom stereocenters. The van der Waals surface area contributed by atoms with Crippen molar-refractivity contribution in [2.24, 2.45) is 0 Å². The summed E-state index contributed by atoms with van der Waals surface area (Å²) in [5.41, 5.74) is 2.47. The van der Waals surface area contributed by atoms with E-state index in [1.165, 1.54) is 0 Å². The Balaban J connectivity index is 1.76. The summed E-state index contributed by atoms with van der Waals surface area (Å²) in [7, 11) is 0. The summed E-state index contributed by atoms with van der Waals surface area (Å²) < 4.78 is 5.47. The normalized spacial score (nSPS) is 18.8. The SMILES string of the molecule is CCN(CC)CCN1CC(O)(c2cc3ccccc3[nH]2)c2c(OBr)cccc21. The highest BCUT2D eigenvalue weighted by molar-refractivity contribution is 9.06. The van der Waals surface area contributed by atoms with E-state index in [1.807, 2.05) is 36.4 Å². The molecule has 0 aliphatic carbocycles. The number of aromatic nitrogens is 1. The quantitative estimate of drug-likeness (QED) is 0.572. The van der Waals surface area contributed by atoms with E-state index in [0.29, 0.717) is 12.3 Å². The van der Waals surface area contributed by atoms with Crippen LogP contribution in [0.15, 0.2) is 48.5 Å². The molecule has 0 bridgehead atoms. The molecular formula is C22H26BrN3O2. The van der Waals surface area contributed by atoms with Gasteiger partial charge in [0.25, 0.3) is 0 Å². The van der Waals surface area contributed by atoms with Crippen LogP contribution in [0.1, 0.15) is 25.1 Å². The van der Waals surface area contributed by atoms with Gasteiger partial charge in [0, 0.05) is 24.3 Å². The summed E-state index contributed by atoms with van der Waals surface area (Å²) in [5, 5.41) is 13.0. The molecule has 0 spiro atoms. The van der Waals surface area contributed by atoms with Crippen molar-refractivity contribution in [2.45, 2.75) is 19.4 Å². The van der Waals surface area contributed by atoms with Crippen molar-refractivity contribution in [3.63, 3.8) is 0 Å². The zero-order valence-electron chi connectivity index (χ0n) is 16.3. The van der Waals surface area contributed by atoms with Gasteiger partial charge in [0.05, 0.1) is 17.8 Å². The van der Waals surface area contributed by atoms with Crippen LogP contribution in [-0.4, -0.2) is 47.7 Å². The van der Waals surface area contributed by atoms with Gasteiger partial charge in [-0.15, -0.1) is 0 Å². The van der Waals surface area contributed by atoms with Crippen LogP contribution in [-0.2, 0) is 5.60 Å². The van der Waals surface area contributed by atoms with Gasteiger partial charge in [0.1, 0.15) is 5.75 Å². The van der Waals surface area contributed by atoms with Crippen molar-refractivity contribution < 1.29 is 8.93 Å². The summed E-state index contributed by atoms with van der Waals surface area (Å²) in [6, 6.07) is 16.1. The van der Waals surface area contributed by atoms with Crippen molar-refractivity contribution in [1.82, 2.24) is 9.88 Å². The highest BCUT2D eigenvalue weighted by Gasteiger charge is 2.46. The third kappa shape index (κ3) is 3.19. The summed E-state index contributed by atoms with van der Waals surface area (Å²) in [5.74, 6) is 0.643. The van der Waals surface area contributed by atoms with E-state index < -0.39 is 5.60 Å². The fourth-order valence-electron chi connectivity index (χ4n) is 4.22. The molecule has 2 heterocycles. The number of likely N-dealkylation sites (N-methyl/N-ethyl adjacent to an activating group) is 1. The molecule has 1 unspecified atom stereocenters. The van der Waals surface area contributed by atoms with Gasteiger partial charge in [0.15, 0.2) is 21.9 Å². The number of aliphatic hydroxyl groups is 1. The Morgan fingerprint density at radius 3 is 2.68 bits per heavy atom. The topological polar surface area (TPSA) is 51.7 Å². The number of hydrogen-bond donors (Lipinski definition) is 2. The summed E-state index contributed by atoms with van der Waals surface area (Å²) in [6.45, 7) is 8.70. The van der Waals surface area contributed by atoms with Crippen molar-refractivity contribution >= 4 is 32.8 Å². The van der Waals surface area contributed by atoms with E-state index in [2.05, 4.69) is 57.0 Å². The molecule has 0 fully saturated rings. The first-order chi connectivity index (χ1) is 13.6. The molecule has 0 amide bonds. The predicted octanol–water partition coefficient (Wildman–Crippen LogP) is 4.25. The first-order valence-electron chi connectivity index (χ1n) is 9.80. The van der Waals surface area contributed by atoms with E-state index in [4.69, 9.17) is 3.83 Å². The van der Waals surface area contributed by atoms with Crippen LogP contribution >= 0.6 is 16.3 Å². The van der Waals surface area contributed by atoms with Gasteiger partial charge in [-0.1, -0.05) is 38.1 Å². The van der Waals surface area contributed by atoms with Crippen LogP contribution in [0.25, 0.3) is 10.9 Å². The van der Waals surface area contributed by atoms with Crippen LogP contribution < -0.4 is 8.73 Å². The Hall–Kier alpha value is -2.02. The predicted molar refractivity (Wildman–Crippen MR) is 117 cm³/mol. The molecule has 3 aromatic rings. The number of aromatic amines is 1. The van der Waals surface area contributed by atoms with E-state index in [0.717, 1.165) is 54.0 Å². The Morgan fingerprint density at radius 1 is 1.18 bits per heavy atom. The third-order valence-corrected chi connectivity index (χ3v) is 6.17. The number of H-pyrrole nitrogens is 1. The number of halogens is 1. The number of para-hydroxylation sites is 1. The Labute approximate surface area is 174 Å². The van der Waals surface area contributed by atoms with Gasteiger partial charge in [-0.25, -0.2) is 0 Å². The standard InChI is InChI=1S/C22H26BrN3O2/c1-3-25(4-2)12-13-26-15-22(27,21-18(26)10-7-11-19(21)28-23)20-14-16-8-5-6-9-17(16)24-20/h5-11,14,24,27H,3-4,12-13,15H2,1-2H3. The number of anilines is 1. The van der Waals surface area contributed by atoms with Gasteiger partial charge < -0.3 is 23.7 Å². The lowest BCUT2D eigenvalue weighted by atomic mass is 9.91. The Morgan fingerprint density at radius 2 is 1.96 bits per heavy atom. The van der Waals surface area contributed by atoms with E-state index >= 15 is 0 Å². The monoisotopic (exact) mass is 443 g/mol. The molecule has 4 rings (SSSR count). The second-order valence-corrected chi connectivity index (χ2v) is 7.63. The van der Waals surface area contributed by atoms with Crippen molar-refractivity contribution in [1.29, 1.82) is 0 Å². The van der Waals surface area contributed by atoms with E-state index in [-0.39, 0.29) is 0 Å². The van der Waals surface area contributed by atoms with Gasteiger partial charge in [-0.2, -0.15) is 0 Å². The fourth-order valence-corrected chi connectivity index (χ4v) is 4.49. The number of nitrogens with zero attached hydrogens (tertiary/aromatic N) is 2. The molecule has 1 aromatic heterocycles. The molecular weight excluding hydrogens is 418 g/mol. The highest BCUT2D eigenvalue weighted by atomic mass is 79.9. The number of rotatable bonds is 7. The minimum Gasteiger partial charge on any atom is -0.418 e. The molecule has 0 saturated heterocycles. The molecule has 0 saturated carbocycles. The van der Waals surface area contributed by atoms with Crippen LogP contribution in [0.3, 0.4) is 0 Å². The lowest BCUT2D eigenvalue weighted by Crippen LogP contribution is -2.39. The average Bonchev–Trinajstić information content (AvgIpc) is 3.29. The van der Waals surface area contributed by atoms with Gasteiger partial charge in [-0.05, 0) is 42.7 Å². The van der Waals surface area contributed by atoms with Crippen LogP contribution in [0.2, 0.25) is 0 Å². The van der Waals surface area contributed by atoms with Crippen molar-refractivity contribution in [2.75, 3.05) is 37.6 Å². The minimum absolute atomic E-state index is 0.490. The lowest BCUT2D eigenvalue weighted by molar-refractivity contribution is 0.0924. The molecule has 2 N–H and O–H groups in total. The molecule has 2 aromatic carbocycles. The van der Waals surface area contributed by atoms with Crippen molar-refractivity contribution in [3.05, 3.63) is 59.8 Å². The average molecular weight is 444 g/mol. The lowest BCUT2D eigenvalue weighted by Gasteiger charge is -2.27. The van der Waals surface area contributed by atoms with E-state index in [9.17, 15) is 5.11 Å². The summed E-state index contributed by atoms with van der Waals surface area (Å²) in [6.07, 6.45) is 0.